The summed E-state index contributed by atoms with van der Waals surface area (Å²) in [4.78, 5) is 44.3. The number of amides is 2. The second-order valence-electron chi connectivity index (χ2n) is 10.6. The predicted octanol–water partition coefficient (Wildman–Crippen LogP) is 3.91. The van der Waals surface area contributed by atoms with Gasteiger partial charge in [-0.15, -0.1) is 0 Å². The molecule has 2 saturated heterocycles. The first-order valence-corrected chi connectivity index (χ1v) is 13.1. The number of fused-ring (bicyclic) bond motifs is 2. The van der Waals surface area contributed by atoms with Crippen LogP contribution < -0.4 is 21.3 Å². The van der Waals surface area contributed by atoms with Crippen LogP contribution in [0.2, 0.25) is 0 Å². The van der Waals surface area contributed by atoms with Crippen molar-refractivity contribution >= 4 is 29.1 Å². The number of hydrogen-bond donors (Lipinski definition) is 3. The molecule has 3 aliphatic rings. The van der Waals surface area contributed by atoms with Crippen molar-refractivity contribution in [3.63, 3.8) is 0 Å². The number of anilines is 2. The van der Waals surface area contributed by atoms with Gasteiger partial charge in [0.15, 0.2) is 5.78 Å². The molecule has 190 valence electrons. The fraction of sp³-hybridized carbons (Fsp3) is 0.500. The number of rotatable bonds is 9. The van der Waals surface area contributed by atoms with Gasteiger partial charge < -0.3 is 21.3 Å². The molecule has 36 heavy (non-hydrogen) atoms. The van der Waals surface area contributed by atoms with E-state index in [1.165, 1.54) is 0 Å². The lowest BCUT2D eigenvalue weighted by molar-refractivity contribution is 0.0924. The smallest absolute Gasteiger partial charge is 0.251 e. The summed E-state index contributed by atoms with van der Waals surface area (Å²) < 4.78 is 0. The zero-order valence-corrected chi connectivity index (χ0v) is 21.0. The second-order valence-corrected chi connectivity index (χ2v) is 10.6. The van der Waals surface area contributed by atoms with Crippen molar-refractivity contribution < 1.29 is 14.4 Å². The van der Waals surface area contributed by atoms with Crippen molar-refractivity contribution in [2.45, 2.75) is 83.0 Å². The summed E-state index contributed by atoms with van der Waals surface area (Å²) in [6, 6.07) is 9.74. The quantitative estimate of drug-likeness (QED) is 0.460. The van der Waals surface area contributed by atoms with E-state index in [1.807, 2.05) is 19.1 Å². The van der Waals surface area contributed by atoms with Crippen LogP contribution in [0.3, 0.4) is 0 Å². The molecule has 1 aromatic heterocycles. The Balaban J connectivity index is 1.24. The summed E-state index contributed by atoms with van der Waals surface area (Å²) in [6.07, 6.45) is 8.43. The van der Waals surface area contributed by atoms with Crippen LogP contribution in [0.4, 0.5) is 11.5 Å². The highest BCUT2D eigenvalue weighted by atomic mass is 16.2. The van der Waals surface area contributed by atoms with Gasteiger partial charge in [-0.2, -0.15) is 0 Å². The van der Waals surface area contributed by atoms with E-state index in [0.29, 0.717) is 34.5 Å². The Hall–Kier alpha value is -3.42. The van der Waals surface area contributed by atoms with Crippen molar-refractivity contribution in [3.8, 4) is 0 Å². The maximum atomic E-state index is 13.1. The zero-order valence-electron chi connectivity index (χ0n) is 21.0. The van der Waals surface area contributed by atoms with Crippen LogP contribution in [0.25, 0.3) is 0 Å². The van der Waals surface area contributed by atoms with Gasteiger partial charge in [0.05, 0.1) is 5.56 Å². The molecule has 8 heteroatoms. The summed E-state index contributed by atoms with van der Waals surface area (Å²) in [5, 5.41) is 6.51. The summed E-state index contributed by atoms with van der Waals surface area (Å²) in [5.41, 5.74) is 7.74. The molecule has 1 aliphatic carbocycles. The van der Waals surface area contributed by atoms with Gasteiger partial charge in [0.2, 0.25) is 0 Å². The Morgan fingerprint density at radius 1 is 1.06 bits per heavy atom. The molecule has 0 spiro atoms. The Kier molecular flexibility index (Phi) is 6.69. The molecule has 2 amide bonds. The molecular formula is C28H35N5O3. The van der Waals surface area contributed by atoms with Gasteiger partial charge in [-0.1, -0.05) is 6.92 Å². The first kappa shape index (κ1) is 24.3. The van der Waals surface area contributed by atoms with Crippen LogP contribution in [-0.4, -0.2) is 46.7 Å². The van der Waals surface area contributed by atoms with Gasteiger partial charge in [0, 0.05) is 53.1 Å². The summed E-state index contributed by atoms with van der Waals surface area (Å²) >= 11 is 0. The van der Waals surface area contributed by atoms with E-state index in [-0.39, 0.29) is 29.7 Å². The highest BCUT2D eigenvalue weighted by Gasteiger charge is 2.42. The van der Waals surface area contributed by atoms with Gasteiger partial charge in [0.1, 0.15) is 5.82 Å². The Morgan fingerprint density at radius 2 is 1.75 bits per heavy atom. The van der Waals surface area contributed by atoms with E-state index < -0.39 is 5.91 Å². The fourth-order valence-electron chi connectivity index (χ4n) is 5.59. The number of nitrogens with one attached hydrogen (secondary N) is 2. The van der Waals surface area contributed by atoms with Crippen molar-refractivity contribution in [2.24, 2.45) is 11.7 Å². The third-order valence-corrected chi connectivity index (χ3v) is 7.87. The lowest BCUT2D eigenvalue weighted by Crippen LogP contribution is -2.50. The summed E-state index contributed by atoms with van der Waals surface area (Å²) in [6.45, 7) is 4.07. The molecule has 1 aromatic carbocycles. The summed E-state index contributed by atoms with van der Waals surface area (Å²) in [5.74, 6) is 0.668. The lowest BCUT2D eigenvalue weighted by atomic mass is 9.96. The van der Waals surface area contributed by atoms with Crippen LogP contribution in [-0.2, 0) is 0 Å². The van der Waals surface area contributed by atoms with Crippen LogP contribution in [0.5, 0.6) is 0 Å². The van der Waals surface area contributed by atoms with Crippen molar-refractivity contribution in [3.05, 3.63) is 53.2 Å². The molecule has 0 radical (unpaired) electrons. The number of hydrogen-bond acceptors (Lipinski definition) is 6. The normalized spacial score (nSPS) is 23.7. The number of carbonyl (C=O) groups excluding carboxylic acids is 3. The Bertz CT molecular complexity index is 1150. The number of aromatic nitrogens is 1. The number of pyridine rings is 1. The first-order valence-electron chi connectivity index (χ1n) is 13.1. The number of Topliss-reactive ketones (excluding diaryl/α,β-unsaturated/α-hetero) is 1. The summed E-state index contributed by atoms with van der Waals surface area (Å²) in [7, 11) is 0. The predicted molar refractivity (Wildman–Crippen MR) is 139 cm³/mol. The maximum Gasteiger partial charge on any atom is 0.251 e. The van der Waals surface area contributed by atoms with Crippen LogP contribution in [0.15, 0.2) is 36.5 Å². The van der Waals surface area contributed by atoms with Gasteiger partial charge in [-0.05, 0) is 82.2 Å². The number of piperidine rings is 1. The van der Waals surface area contributed by atoms with Crippen molar-refractivity contribution in [1.82, 2.24) is 10.3 Å². The molecule has 3 unspecified atom stereocenters. The third kappa shape index (κ3) is 4.94. The van der Waals surface area contributed by atoms with E-state index in [2.05, 4.69) is 27.4 Å². The Labute approximate surface area is 212 Å². The molecule has 3 heterocycles. The van der Waals surface area contributed by atoms with Crippen LogP contribution in [0.1, 0.15) is 89.9 Å². The van der Waals surface area contributed by atoms with E-state index in [1.54, 1.807) is 24.4 Å². The minimum atomic E-state index is -0.518. The molecule has 4 N–H and O–H groups in total. The van der Waals surface area contributed by atoms with E-state index in [4.69, 9.17) is 5.73 Å². The van der Waals surface area contributed by atoms with Gasteiger partial charge in [0.25, 0.3) is 11.8 Å². The molecule has 2 aliphatic heterocycles. The zero-order chi connectivity index (χ0) is 25.4. The highest BCUT2D eigenvalue weighted by molar-refractivity contribution is 6.02. The number of carbonyl (C=O) groups is 3. The third-order valence-electron chi connectivity index (χ3n) is 7.87. The number of nitrogens with zero attached hydrogens (tertiary/aromatic N) is 2. The standard InChI is InChI=1S/C28H35N5O3/c1-3-16(2)31-24-12-18(6-10-23(24)27(29)35)28(36)32-20-13-21-8-9-22(14-20)33(21)25-11-7-19(15-30-25)26(34)17-4-5-17/h6-7,10-12,15-17,20-22,31H,3-5,8-9,13-14H2,1-2H3,(H2,29,35)(H,32,36). The molecular weight excluding hydrogens is 454 g/mol. The molecule has 8 nitrogen and oxygen atoms in total. The Morgan fingerprint density at radius 3 is 2.33 bits per heavy atom. The number of nitrogens with two attached hydrogens (primary N) is 1. The SMILES string of the molecule is CCC(C)Nc1cc(C(=O)NC2CC3CCC(C2)N3c2ccc(C(=O)C3CC3)cn2)ccc1C(N)=O. The average Bonchev–Trinajstić information content (AvgIpc) is 3.68. The van der Waals surface area contributed by atoms with Gasteiger partial charge >= 0.3 is 0 Å². The van der Waals surface area contributed by atoms with Gasteiger partial charge in [-0.25, -0.2) is 4.98 Å². The minimum absolute atomic E-state index is 0.0729. The fourth-order valence-corrected chi connectivity index (χ4v) is 5.59. The minimum Gasteiger partial charge on any atom is -0.382 e. The molecule has 2 aromatic rings. The molecule has 1 saturated carbocycles. The average molecular weight is 490 g/mol. The van der Waals surface area contributed by atoms with E-state index in [9.17, 15) is 14.4 Å². The molecule has 3 fully saturated rings. The number of ketones is 1. The maximum absolute atomic E-state index is 13.1. The number of benzene rings is 1. The number of primary amides is 1. The second kappa shape index (κ2) is 9.91. The topological polar surface area (TPSA) is 117 Å². The largest absolute Gasteiger partial charge is 0.382 e. The van der Waals surface area contributed by atoms with Crippen LogP contribution >= 0.6 is 0 Å². The van der Waals surface area contributed by atoms with Crippen molar-refractivity contribution in [1.29, 1.82) is 0 Å². The lowest BCUT2D eigenvalue weighted by Gasteiger charge is -2.40. The van der Waals surface area contributed by atoms with Gasteiger partial charge in [-0.3, -0.25) is 14.4 Å². The molecule has 5 rings (SSSR count). The molecule has 2 bridgehead atoms. The van der Waals surface area contributed by atoms with Crippen LogP contribution in [0, 0.1) is 5.92 Å². The monoisotopic (exact) mass is 489 g/mol. The van der Waals surface area contributed by atoms with E-state index in [0.717, 1.165) is 50.8 Å². The van der Waals surface area contributed by atoms with Crippen molar-refractivity contribution in [2.75, 3.05) is 10.2 Å². The van der Waals surface area contributed by atoms with E-state index >= 15 is 0 Å². The first-order chi connectivity index (χ1) is 17.3. The molecule has 3 atom stereocenters. The highest BCUT2D eigenvalue weighted by Crippen LogP contribution is 2.39.